The zero-order chi connectivity index (χ0) is 13.2. The minimum atomic E-state index is 0.441. The van der Waals surface area contributed by atoms with Gasteiger partial charge >= 0.3 is 0 Å². The first-order valence-corrected chi connectivity index (χ1v) is 7.37. The molecule has 0 aromatic heterocycles. The normalized spacial score (nSPS) is 30.9. The van der Waals surface area contributed by atoms with E-state index >= 15 is 0 Å². The standard InChI is InChI=1S/C16H24N2O/c1-12-11-19-15-6-4-3-5-14(15)16(12)17-9-13-7-8-18(2)10-13/h3-6,12-13,16-17H,7-11H2,1-2H3. The number of hydrogen-bond donors (Lipinski definition) is 1. The highest BCUT2D eigenvalue weighted by molar-refractivity contribution is 5.37. The summed E-state index contributed by atoms with van der Waals surface area (Å²) < 4.78 is 5.81. The summed E-state index contributed by atoms with van der Waals surface area (Å²) in [5.41, 5.74) is 1.33. The summed E-state index contributed by atoms with van der Waals surface area (Å²) in [6, 6.07) is 8.88. The molecule has 3 nitrogen and oxygen atoms in total. The lowest BCUT2D eigenvalue weighted by Crippen LogP contribution is -2.36. The predicted octanol–water partition coefficient (Wildman–Crippen LogP) is 2.30. The quantitative estimate of drug-likeness (QED) is 0.902. The highest BCUT2D eigenvalue weighted by Gasteiger charge is 2.28. The molecule has 2 heterocycles. The molecule has 3 atom stereocenters. The second-order valence-electron chi connectivity index (χ2n) is 6.13. The molecular formula is C16H24N2O. The highest BCUT2D eigenvalue weighted by Crippen LogP contribution is 2.35. The number of nitrogens with zero attached hydrogens (tertiary/aromatic N) is 1. The van der Waals surface area contributed by atoms with Gasteiger partial charge in [-0.1, -0.05) is 25.1 Å². The fourth-order valence-electron chi connectivity index (χ4n) is 3.29. The molecule has 1 saturated heterocycles. The van der Waals surface area contributed by atoms with Crippen molar-refractivity contribution in [2.75, 3.05) is 33.3 Å². The summed E-state index contributed by atoms with van der Waals surface area (Å²) >= 11 is 0. The lowest BCUT2D eigenvalue weighted by molar-refractivity contribution is 0.185. The van der Waals surface area contributed by atoms with Gasteiger partial charge in [0, 0.05) is 24.1 Å². The SMILES string of the molecule is CC1COc2ccccc2C1NCC1CCN(C)C1. The van der Waals surface area contributed by atoms with Crippen LogP contribution in [0.15, 0.2) is 24.3 Å². The van der Waals surface area contributed by atoms with Gasteiger partial charge in [-0.15, -0.1) is 0 Å². The van der Waals surface area contributed by atoms with E-state index in [-0.39, 0.29) is 0 Å². The first-order chi connectivity index (χ1) is 9.24. The van der Waals surface area contributed by atoms with E-state index in [4.69, 9.17) is 4.74 Å². The van der Waals surface area contributed by atoms with Crippen LogP contribution in [0.1, 0.15) is 24.9 Å². The molecule has 1 fully saturated rings. The van der Waals surface area contributed by atoms with Gasteiger partial charge in [-0.3, -0.25) is 0 Å². The first-order valence-electron chi connectivity index (χ1n) is 7.37. The zero-order valence-corrected chi connectivity index (χ0v) is 11.9. The Balaban J connectivity index is 1.66. The average Bonchev–Trinajstić information content (AvgIpc) is 2.83. The van der Waals surface area contributed by atoms with E-state index < -0.39 is 0 Å². The molecule has 3 rings (SSSR count). The van der Waals surface area contributed by atoms with Gasteiger partial charge in [0.2, 0.25) is 0 Å². The maximum absolute atomic E-state index is 5.81. The Morgan fingerprint density at radius 2 is 2.21 bits per heavy atom. The third kappa shape index (κ3) is 2.77. The van der Waals surface area contributed by atoms with E-state index in [1.54, 1.807) is 0 Å². The fraction of sp³-hybridized carbons (Fsp3) is 0.625. The summed E-state index contributed by atoms with van der Waals surface area (Å²) in [6.07, 6.45) is 1.32. The van der Waals surface area contributed by atoms with Crippen LogP contribution in [0.25, 0.3) is 0 Å². The van der Waals surface area contributed by atoms with E-state index in [9.17, 15) is 0 Å². The van der Waals surface area contributed by atoms with Crippen LogP contribution >= 0.6 is 0 Å². The van der Waals surface area contributed by atoms with Crippen LogP contribution in [0, 0.1) is 11.8 Å². The molecule has 0 aliphatic carbocycles. The van der Waals surface area contributed by atoms with Gasteiger partial charge in [-0.05, 0) is 38.5 Å². The summed E-state index contributed by atoms with van der Waals surface area (Å²) in [5, 5.41) is 3.78. The van der Waals surface area contributed by atoms with E-state index in [1.165, 1.54) is 25.1 Å². The molecular weight excluding hydrogens is 236 g/mol. The maximum Gasteiger partial charge on any atom is 0.124 e. The minimum absolute atomic E-state index is 0.441. The van der Waals surface area contributed by atoms with Crippen molar-refractivity contribution in [3.63, 3.8) is 0 Å². The van der Waals surface area contributed by atoms with Gasteiger partial charge in [0.05, 0.1) is 6.61 Å². The average molecular weight is 260 g/mol. The summed E-state index contributed by atoms with van der Waals surface area (Å²) in [6.45, 7) is 6.68. The largest absolute Gasteiger partial charge is 0.493 e. The van der Waals surface area contributed by atoms with Crippen LogP contribution in [0.2, 0.25) is 0 Å². The summed E-state index contributed by atoms with van der Waals surface area (Å²) in [7, 11) is 2.21. The van der Waals surface area contributed by atoms with Crippen molar-refractivity contribution in [1.82, 2.24) is 10.2 Å². The fourth-order valence-corrected chi connectivity index (χ4v) is 3.29. The van der Waals surface area contributed by atoms with Crippen molar-refractivity contribution in [2.45, 2.75) is 19.4 Å². The number of fused-ring (bicyclic) bond motifs is 1. The molecule has 0 saturated carbocycles. The maximum atomic E-state index is 5.81. The van der Waals surface area contributed by atoms with Crippen molar-refractivity contribution in [1.29, 1.82) is 0 Å². The molecule has 0 bridgehead atoms. The first kappa shape index (κ1) is 12.9. The molecule has 3 unspecified atom stereocenters. The predicted molar refractivity (Wildman–Crippen MR) is 77.4 cm³/mol. The Morgan fingerprint density at radius 1 is 1.37 bits per heavy atom. The van der Waals surface area contributed by atoms with Crippen molar-refractivity contribution in [2.24, 2.45) is 11.8 Å². The van der Waals surface area contributed by atoms with Gasteiger partial charge in [-0.25, -0.2) is 0 Å². The minimum Gasteiger partial charge on any atom is -0.493 e. The second kappa shape index (κ2) is 5.51. The number of ether oxygens (including phenoxy) is 1. The number of rotatable bonds is 3. The van der Waals surface area contributed by atoms with Gasteiger partial charge in [0.1, 0.15) is 5.75 Å². The van der Waals surface area contributed by atoms with E-state index in [0.717, 1.165) is 24.8 Å². The lowest BCUT2D eigenvalue weighted by atomic mass is 9.91. The Kier molecular flexibility index (Phi) is 3.76. The lowest BCUT2D eigenvalue weighted by Gasteiger charge is -2.33. The molecule has 2 aliphatic heterocycles. The van der Waals surface area contributed by atoms with Crippen LogP contribution in [-0.2, 0) is 0 Å². The Morgan fingerprint density at radius 3 is 3.00 bits per heavy atom. The van der Waals surface area contributed by atoms with Gasteiger partial charge < -0.3 is 15.0 Å². The van der Waals surface area contributed by atoms with Crippen molar-refractivity contribution < 1.29 is 4.74 Å². The third-order valence-corrected chi connectivity index (χ3v) is 4.44. The smallest absolute Gasteiger partial charge is 0.124 e. The molecule has 0 radical (unpaired) electrons. The highest BCUT2D eigenvalue weighted by atomic mass is 16.5. The number of hydrogen-bond acceptors (Lipinski definition) is 3. The van der Waals surface area contributed by atoms with Crippen molar-refractivity contribution in [3.05, 3.63) is 29.8 Å². The van der Waals surface area contributed by atoms with Crippen LogP contribution in [-0.4, -0.2) is 38.2 Å². The van der Waals surface area contributed by atoms with Gasteiger partial charge in [-0.2, -0.15) is 0 Å². The van der Waals surface area contributed by atoms with Crippen LogP contribution in [0.3, 0.4) is 0 Å². The van der Waals surface area contributed by atoms with Crippen LogP contribution < -0.4 is 10.1 Å². The Bertz CT molecular complexity index is 435. The molecule has 1 N–H and O–H groups in total. The van der Waals surface area contributed by atoms with Crippen LogP contribution in [0.4, 0.5) is 0 Å². The second-order valence-corrected chi connectivity index (χ2v) is 6.13. The van der Waals surface area contributed by atoms with E-state index in [0.29, 0.717) is 12.0 Å². The van der Waals surface area contributed by atoms with E-state index in [1.807, 2.05) is 0 Å². The summed E-state index contributed by atoms with van der Waals surface area (Å²) in [5.74, 6) is 2.39. The number of para-hydroxylation sites is 1. The monoisotopic (exact) mass is 260 g/mol. The molecule has 1 aromatic rings. The van der Waals surface area contributed by atoms with Crippen molar-refractivity contribution in [3.8, 4) is 5.75 Å². The van der Waals surface area contributed by atoms with Gasteiger partial charge in [0.25, 0.3) is 0 Å². The summed E-state index contributed by atoms with van der Waals surface area (Å²) in [4.78, 5) is 2.42. The molecule has 3 heteroatoms. The van der Waals surface area contributed by atoms with Crippen LogP contribution in [0.5, 0.6) is 5.75 Å². The molecule has 2 aliphatic rings. The molecule has 0 spiro atoms. The molecule has 104 valence electrons. The molecule has 0 amide bonds. The molecule has 1 aromatic carbocycles. The number of benzene rings is 1. The van der Waals surface area contributed by atoms with Gasteiger partial charge in [0.15, 0.2) is 0 Å². The third-order valence-electron chi connectivity index (χ3n) is 4.44. The molecule has 19 heavy (non-hydrogen) atoms. The number of likely N-dealkylation sites (tertiary alicyclic amines) is 1. The zero-order valence-electron chi connectivity index (χ0n) is 11.9. The Hall–Kier alpha value is -1.06. The topological polar surface area (TPSA) is 24.5 Å². The Labute approximate surface area is 115 Å². The van der Waals surface area contributed by atoms with E-state index in [2.05, 4.69) is 48.5 Å². The van der Waals surface area contributed by atoms with Crippen molar-refractivity contribution >= 4 is 0 Å². The number of nitrogens with one attached hydrogen (secondary N) is 1.